The van der Waals surface area contributed by atoms with Crippen molar-refractivity contribution < 1.29 is 19.4 Å². The van der Waals surface area contributed by atoms with Crippen molar-refractivity contribution in [3.8, 4) is 11.1 Å². The van der Waals surface area contributed by atoms with Gasteiger partial charge in [-0.1, -0.05) is 24.3 Å². The van der Waals surface area contributed by atoms with Gasteiger partial charge in [0, 0.05) is 17.8 Å². The monoisotopic (exact) mass is 358 g/mol. The molecule has 1 fully saturated rings. The van der Waals surface area contributed by atoms with E-state index in [2.05, 4.69) is 77.1 Å². The summed E-state index contributed by atoms with van der Waals surface area (Å²) in [4.78, 5) is 0. The van der Waals surface area contributed by atoms with Crippen LogP contribution < -0.4 is 5.46 Å². The average Bonchev–Trinajstić information content (AvgIpc) is 3.12. The Hall–Kier alpha value is -1.60. The van der Waals surface area contributed by atoms with E-state index >= 15 is 0 Å². The Morgan fingerprint density at radius 1 is 1.00 bits per heavy atom. The van der Waals surface area contributed by atoms with Crippen LogP contribution in [0, 0.1) is 0 Å². The van der Waals surface area contributed by atoms with E-state index in [1.54, 1.807) is 0 Å². The van der Waals surface area contributed by atoms with E-state index in [0.29, 0.717) is 6.04 Å². The number of hydrogen-bond acceptors (Lipinski definition) is 5. The zero-order valence-corrected chi connectivity index (χ0v) is 16.4. The first-order valence-electron chi connectivity index (χ1n) is 8.83. The molecule has 8 heteroatoms. The Kier molecular flexibility index (Phi) is 6.34. The molecule has 1 aliphatic rings. The van der Waals surface area contributed by atoms with Crippen molar-refractivity contribution >= 4 is 20.3 Å². The van der Waals surface area contributed by atoms with Crippen LogP contribution in [-0.4, -0.2) is 45.8 Å². The topological polar surface area (TPSA) is 76.7 Å². The summed E-state index contributed by atoms with van der Waals surface area (Å²) >= 11 is 0. The van der Waals surface area contributed by atoms with Crippen molar-refractivity contribution in [2.45, 2.75) is 58.8 Å². The first kappa shape index (κ1) is 20.7. The maximum Gasteiger partial charge on any atom is 0.494 e. The smallest absolute Gasteiger partial charge is 0.430 e. The Morgan fingerprint density at radius 3 is 1.92 bits per heavy atom. The highest BCUT2D eigenvalue weighted by Crippen LogP contribution is 2.36. The third-order valence-corrected chi connectivity index (χ3v) is 4.90. The second kappa shape index (κ2) is 7.96. The van der Waals surface area contributed by atoms with E-state index < -0.39 is 7.69 Å². The summed E-state index contributed by atoms with van der Waals surface area (Å²) in [6.07, 6.45) is 3.98. The molecule has 2 N–H and O–H groups in total. The molecule has 0 spiro atoms. The van der Waals surface area contributed by atoms with E-state index in [-0.39, 0.29) is 18.3 Å². The van der Waals surface area contributed by atoms with Gasteiger partial charge in [-0.3, -0.25) is 4.68 Å². The highest BCUT2D eigenvalue weighted by Gasteiger charge is 2.51. The van der Waals surface area contributed by atoms with Gasteiger partial charge in [0.15, 0.2) is 0 Å². The predicted octanol–water partition coefficient (Wildman–Crippen LogP) is 1.67. The molecule has 0 amide bonds. The van der Waals surface area contributed by atoms with E-state index in [1.165, 1.54) is 0 Å². The summed E-state index contributed by atoms with van der Waals surface area (Å²) in [5.74, 6) is 0. The molecule has 0 radical (unpaired) electrons. The fourth-order valence-corrected chi connectivity index (χ4v) is 2.58. The number of nitrogens with zero attached hydrogens (tertiary/aromatic N) is 2. The molecule has 2 heterocycles. The minimum Gasteiger partial charge on any atom is -0.430 e. The summed E-state index contributed by atoms with van der Waals surface area (Å²) in [7, 11) is -1.06. The van der Waals surface area contributed by atoms with Gasteiger partial charge in [-0.25, -0.2) is 0 Å². The molecule has 1 aromatic carbocycles. The lowest BCUT2D eigenvalue weighted by molar-refractivity contribution is 0.00578. The zero-order valence-electron chi connectivity index (χ0n) is 16.4. The fourth-order valence-electron chi connectivity index (χ4n) is 2.58. The largest absolute Gasteiger partial charge is 0.494 e. The second-order valence-corrected chi connectivity index (χ2v) is 7.65. The quantitative estimate of drug-likeness (QED) is 0.817. The molecule has 6 nitrogen and oxygen atoms in total. The highest BCUT2D eigenvalue weighted by atomic mass is 16.7. The van der Waals surface area contributed by atoms with Gasteiger partial charge < -0.3 is 19.4 Å². The van der Waals surface area contributed by atoms with Crippen molar-refractivity contribution in [2.24, 2.45) is 0 Å². The van der Waals surface area contributed by atoms with Gasteiger partial charge in [0.25, 0.3) is 0 Å². The van der Waals surface area contributed by atoms with Gasteiger partial charge >= 0.3 is 14.8 Å². The van der Waals surface area contributed by atoms with Crippen LogP contribution in [0.25, 0.3) is 11.1 Å². The molecule has 2 aromatic rings. The van der Waals surface area contributed by atoms with Crippen LogP contribution >= 0.6 is 0 Å². The van der Waals surface area contributed by atoms with Gasteiger partial charge in [0.1, 0.15) is 0 Å². The minimum atomic E-state index is -0.750. The number of rotatable bonds is 3. The second-order valence-electron chi connectivity index (χ2n) is 7.65. The molecular formula is C18H28B2N2O4. The molecule has 0 unspecified atom stereocenters. The number of aromatic nitrogens is 2. The predicted molar refractivity (Wildman–Crippen MR) is 105 cm³/mol. The summed E-state index contributed by atoms with van der Waals surface area (Å²) in [5.41, 5.74) is 2.70. The van der Waals surface area contributed by atoms with Gasteiger partial charge in [-0.15, -0.1) is 0 Å². The van der Waals surface area contributed by atoms with Crippen molar-refractivity contribution in [3.05, 3.63) is 36.7 Å². The SMILES string of the molecule is CC(C)n1cc(-c2ccc(B3OC(C)(C)C(C)(C)O3)cc2)cn1.OBO. The lowest BCUT2D eigenvalue weighted by Crippen LogP contribution is -2.41. The molecule has 0 aliphatic carbocycles. The van der Waals surface area contributed by atoms with E-state index in [0.717, 1.165) is 16.6 Å². The number of hydrogen-bond donors (Lipinski definition) is 2. The molecular weight excluding hydrogens is 330 g/mol. The van der Waals surface area contributed by atoms with Gasteiger partial charge in [0.05, 0.1) is 17.4 Å². The normalized spacial score (nSPS) is 17.8. The Labute approximate surface area is 156 Å². The maximum atomic E-state index is 7.12. The molecule has 1 saturated heterocycles. The van der Waals surface area contributed by atoms with Crippen LogP contribution in [-0.2, 0) is 9.31 Å². The first-order chi connectivity index (χ1) is 12.1. The third kappa shape index (κ3) is 4.38. The van der Waals surface area contributed by atoms with Crippen molar-refractivity contribution in [2.75, 3.05) is 0 Å². The van der Waals surface area contributed by atoms with Gasteiger partial charge in [0.2, 0.25) is 0 Å². The standard InChI is InChI=1S/C18H25BN2O2.BH3O2/c1-13(2)21-12-15(11-20-21)14-7-9-16(10-8-14)19-22-17(3,4)18(5,6)23-19;2-1-3/h7-13H,1-6H3;1-3H. The lowest BCUT2D eigenvalue weighted by atomic mass is 9.78. The molecule has 0 saturated carbocycles. The summed E-state index contributed by atoms with van der Waals surface area (Å²) in [6, 6.07) is 8.71. The zero-order chi connectivity index (χ0) is 19.5. The summed E-state index contributed by atoms with van der Waals surface area (Å²) < 4.78 is 14.2. The van der Waals surface area contributed by atoms with Crippen LogP contribution in [0.4, 0.5) is 0 Å². The highest BCUT2D eigenvalue weighted by molar-refractivity contribution is 6.62. The Balaban J connectivity index is 0.000000758. The molecule has 1 aliphatic heterocycles. The van der Waals surface area contributed by atoms with Crippen LogP contribution in [0.1, 0.15) is 47.6 Å². The minimum absolute atomic E-state index is 0.311. The summed E-state index contributed by atoms with van der Waals surface area (Å²) in [5, 5.41) is 18.6. The van der Waals surface area contributed by atoms with Crippen LogP contribution in [0.3, 0.4) is 0 Å². The average molecular weight is 358 g/mol. The van der Waals surface area contributed by atoms with E-state index in [1.807, 2.05) is 10.9 Å². The third-order valence-electron chi connectivity index (χ3n) is 4.90. The molecule has 0 bridgehead atoms. The van der Waals surface area contributed by atoms with Crippen LogP contribution in [0.15, 0.2) is 36.7 Å². The molecule has 3 rings (SSSR count). The van der Waals surface area contributed by atoms with Gasteiger partial charge in [-0.2, -0.15) is 5.10 Å². The maximum absolute atomic E-state index is 7.12. The Morgan fingerprint density at radius 2 is 1.50 bits per heavy atom. The lowest BCUT2D eigenvalue weighted by Gasteiger charge is -2.32. The van der Waals surface area contributed by atoms with Crippen LogP contribution in [0.5, 0.6) is 0 Å². The van der Waals surface area contributed by atoms with Gasteiger partial charge in [-0.05, 0) is 52.6 Å². The molecule has 1 aromatic heterocycles. The van der Waals surface area contributed by atoms with E-state index in [4.69, 9.17) is 19.4 Å². The van der Waals surface area contributed by atoms with Crippen LogP contribution in [0.2, 0.25) is 0 Å². The Bertz CT molecular complexity index is 698. The molecule has 26 heavy (non-hydrogen) atoms. The molecule has 140 valence electrons. The first-order valence-corrected chi connectivity index (χ1v) is 8.83. The number of benzene rings is 1. The van der Waals surface area contributed by atoms with Crippen molar-refractivity contribution in [1.82, 2.24) is 9.78 Å². The van der Waals surface area contributed by atoms with Crippen molar-refractivity contribution in [3.63, 3.8) is 0 Å². The summed E-state index contributed by atoms with van der Waals surface area (Å²) in [6.45, 7) is 12.5. The fraction of sp³-hybridized carbons (Fsp3) is 0.500. The van der Waals surface area contributed by atoms with Crippen molar-refractivity contribution in [1.29, 1.82) is 0 Å². The van der Waals surface area contributed by atoms with E-state index in [9.17, 15) is 0 Å². The molecule has 0 atom stereocenters.